The summed E-state index contributed by atoms with van der Waals surface area (Å²) in [6.07, 6.45) is 2.01. The number of aliphatic carboxylic acids is 1. The Kier molecular flexibility index (Phi) is 6.41. The van der Waals surface area contributed by atoms with Crippen LogP contribution in [-0.4, -0.2) is 33.8 Å². The molecule has 0 aliphatic heterocycles. The van der Waals surface area contributed by atoms with Gasteiger partial charge < -0.3 is 15.4 Å². The minimum atomic E-state index is -1.05. The Balaban J connectivity index is 1.75. The van der Waals surface area contributed by atoms with Crippen LogP contribution in [0.15, 0.2) is 60.8 Å². The van der Waals surface area contributed by atoms with Gasteiger partial charge in [-0.05, 0) is 23.1 Å². The van der Waals surface area contributed by atoms with Gasteiger partial charge in [0.1, 0.15) is 6.04 Å². The molecule has 0 aliphatic rings. The van der Waals surface area contributed by atoms with E-state index in [1.54, 1.807) is 6.20 Å². The molecular weight excluding hydrogens is 372 g/mol. The third-order valence-corrected chi connectivity index (χ3v) is 5.57. The second kappa shape index (κ2) is 8.97. The summed E-state index contributed by atoms with van der Waals surface area (Å²) in [5.74, 6) is -1.50. The molecular formula is C22H24N2O3S. The summed E-state index contributed by atoms with van der Waals surface area (Å²) < 4.78 is 0. The van der Waals surface area contributed by atoms with Crippen molar-refractivity contribution in [3.8, 4) is 0 Å². The van der Waals surface area contributed by atoms with Gasteiger partial charge in [-0.2, -0.15) is 12.6 Å². The van der Waals surface area contributed by atoms with Crippen LogP contribution in [0.1, 0.15) is 24.0 Å². The number of aromatic nitrogens is 1. The smallest absolute Gasteiger partial charge is 0.326 e. The van der Waals surface area contributed by atoms with Crippen molar-refractivity contribution in [3.63, 3.8) is 0 Å². The summed E-state index contributed by atoms with van der Waals surface area (Å²) in [6, 6.07) is 16.4. The second-order valence-electron chi connectivity index (χ2n) is 6.95. The maximum atomic E-state index is 12.9. The number of fused-ring (bicyclic) bond motifs is 1. The number of aromatic amines is 1. The van der Waals surface area contributed by atoms with Crippen LogP contribution in [-0.2, 0) is 16.0 Å². The summed E-state index contributed by atoms with van der Waals surface area (Å²) in [4.78, 5) is 27.8. The highest BCUT2D eigenvalue weighted by atomic mass is 32.1. The van der Waals surface area contributed by atoms with Gasteiger partial charge in [0.2, 0.25) is 5.91 Å². The zero-order chi connectivity index (χ0) is 20.1. The largest absolute Gasteiger partial charge is 0.480 e. The Labute approximate surface area is 169 Å². The van der Waals surface area contributed by atoms with Crippen molar-refractivity contribution < 1.29 is 14.7 Å². The molecule has 3 N–H and O–H groups in total. The fourth-order valence-corrected chi connectivity index (χ4v) is 3.94. The number of carbonyl (C=O) groups is 2. The number of nitrogens with one attached hydrogen (secondary N) is 2. The molecule has 0 saturated carbocycles. The van der Waals surface area contributed by atoms with Crippen LogP contribution in [0.4, 0.5) is 0 Å². The molecule has 1 aromatic heterocycles. The lowest BCUT2D eigenvalue weighted by atomic mass is 9.88. The van der Waals surface area contributed by atoms with Crippen LogP contribution in [0.3, 0.4) is 0 Å². The Morgan fingerprint density at radius 1 is 1.11 bits per heavy atom. The van der Waals surface area contributed by atoms with Crippen molar-refractivity contribution in [2.75, 3.05) is 5.75 Å². The number of amides is 1. The van der Waals surface area contributed by atoms with Crippen LogP contribution in [0.25, 0.3) is 10.9 Å². The van der Waals surface area contributed by atoms with Crippen LogP contribution >= 0.6 is 12.6 Å². The fraction of sp³-hybridized carbons (Fsp3) is 0.273. The number of H-pyrrole nitrogens is 1. The molecule has 1 amide bonds. The van der Waals surface area contributed by atoms with Gasteiger partial charge in [0, 0.05) is 29.3 Å². The van der Waals surface area contributed by atoms with E-state index >= 15 is 0 Å². The lowest BCUT2D eigenvalue weighted by Gasteiger charge is -2.24. The second-order valence-corrected chi connectivity index (χ2v) is 7.32. The molecule has 2 aromatic carbocycles. The molecule has 146 valence electrons. The summed E-state index contributed by atoms with van der Waals surface area (Å²) in [5, 5.41) is 13.3. The Morgan fingerprint density at radius 3 is 2.46 bits per heavy atom. The number of thiol groups is 1. The van der Waals surface area contributed by atoms with Crippen molar-refractivity contribution in [2.24, 2.45) is 5.92 Å². The summed E-state index contributed by atoms with van der Waals surface area (Å²) in [7, 11) is 0. The summed E-state index contributed by atoms with van der Waals surface area (Å²) in [6.45, 7) is 1.96. The Hall–Kier alpha value is -2.73. The van der Waals surface area contributed by atoms with E-state index in [0.717, 1.165) is 22.0 Å². The Bertz CT molecular complexity index is 955. The van der Waals surface area contributed by atoms with E-state index in [1.807, 2.05) is 61.5 Å². The van der Waals surface area contributed by atoms with Crippen molar-refractivity contribution >= 4 is 35.4 Å². The van der Waals surface area contributed by atoms with Crippen molar-refractivity contribution in [1.82, 2.24) is 10.3 Å². The average Bonchev–Trinajstić information content (AvgIpc) is 3.11. The van der Waals surface area contributed by atoms with Crippen LogP contribution in [0, 0.1) is 5.92 Å². The summed E-state index contributed by atoms with van der Waals surface area (Å²) in [5.41, 5.74) is 2.83. The quantitative estimate of drug-likeness (QED) is 0.439. The number of carbonyl (C=O) groups excluding carboxylic acids is 1. The first-order chi connectivity index (χ1) is 13.5. The first kappa shape index (κ1) is 20.0. The highest BCUT2D eigenvalue weighted by molar-refractivity contribution is 7.80. The zero-order valence-electron chi connectivity index (χ0n) is 15.6. The van der Waals surface area contributed by atoms with Gasteiger partial charge in [0.15, 0.2) is 0 Å². The molecule has 0 radical (unpaired) electrons. The molecule has 0 spiro atoms. The monoisotopic (exact) mass is 396 g/mol. The Morgan fingerprint density at radius 2 is 1.79 bits per heavy atom. The van der Waals surface area contributed by atoms with E-state index in [4.69, 9.17) is 0 Å². The standard InChI is InChI=1S/C22H24N2O3S/c1-14(15-7-3-2-4-8-15)18(13-28)21(25)24-20(22(26)27)11-16-12-23-19-10-6-5-9-17(16)19/h2-10,12,14,18,20,23,28H,11,13H2,1H3,(H,24,25)(H,26,27)/t14-,18-,20-/m0/s1. The van der Waals surface area contributed by atoms with Crippen molar-refractivity contribution in [2.45, 2.75) is 25.3 Å². The average molecular weight is 397 g/mol. The first-order valence-corrected chi connectivity index (χ1v) is 9.88. The molecule has 1 heterocycles. The molecule has 3 aromatic rings. The molecule has 0 fully saturated rings. The lowest BCUT2D eigenvalue weighted by Crippen LogP contribution is -2.46. The van der Waals surface area contributed by atoms with Gasteiger partial charge in [0.25, 0.3) is 0 Å². The van der Waals surface area contributed by atoms with Crippen LogP contribution < -0.4 is 5.32 Å². The number of carboxylic acid groups (broad SMARTS) is 1. The first-order valence-electron chi connectivity index (χ1n) is 9.25. The molecule has 3 atom stereocenters. The van der Waals surface area contributed by atoms with E-state index in [-0.39, 0.29) is 18.2 Å². The van der Waals surface area contributed by atoms with E-state index in [0.29, 0.717) is 5.75 Å². The number of rotatable bonds is 8. The van der Waals surface area contributed by atoms with Crippen molar-refractivity contribution in [1.29, 1.82) is 0 Å². The van der Waals surface area contributed by atoms with Gasteiger partial charge >= 0.3 is 5.97 Å². The molecule has 0 bridgehead atoms. The molecule has 0 unspecified atom stereocenters. The van der Waals surface area contributed by atoms with Gasteiger partial charge in [0.05, 0.1) is 5.92 Å². The molecule has 28 heavy (non-hydrogen) atoms. The highest BCUT2D eigenvalue weighted by Crippen LogP contribution is 2.26. The van der Waals surface area contributed by atoms with Crippen molar-refractivity contribution in [3.05, 3.63) is 71.9 Å². The normalized spacial score (nSPS) is 14.4. The molecule has 5 nitrogen and oxygen atoms in total. The van der Waals surface area contributed by atoms with Gasteiger partial charge in [-0.25, -0.2) is 4.79 Å². The predicted octanol–water partition coefficient (Wildman–Crippen LogP) is 3.63. The number of benzene rings is 2. The van der Waals surface area contributed by atoms with Gasteiger partial charge in [-0.15, -0.1) is 0 Å². The summed E-state index contributed by atoms with van der Waals surface area (Å²) >= 11 is 4.34. The van der Waals surface area contributed by atoms with Crippen LogP contribution in [0.5, 0.6) is 0 Å². The predicted molar refractivity (Wildman–Crippen MR) is 114 cm³/mol. The van der Waals surface area contributed by atoms with E-state index < -0.39 is 17.9 Å². The van der Waals surface area contributed by atoms with E-state index in [1.165, 1.54) is 0 Å². The number of para-hydroxylation sites is 1. The molecule has 0 saturated heterocycles. The minimum absolute atomic E-state index is 0.0683. The third kappa shape index (κ3) is 4.39. The third-order valence-electron chi connectivity index (χ3n) is 5.18. The number of hydrogen-bond donors (Lipinski definition) is 4. The number of carboxylic acids is 1. The van der Waals surface area contributed by atoms with Gasteiger partial charge in [-0.1, -0.05) is 55.5 Å². The molecule has 0 aliphatic carbocycles. The fourth-order valence-electron chi connectivity index (χ4n) is 3.46. The molecule has 3 rings (SSSR count). The lowest BCUT2D eigenvalue weighted by molar-refractivity contribution is -0.142. The molecule has 6 heteroatoms. The zero-order valence-corrected chi connectivity index (χ0v) is 16.5. The topological polar surface area (TPSA) is 82.2 Å². The van der Waals surface area contributed by atoms with Crippen LogP contribution in [0.2, 0.25) is 0 Å². The minimum Gasteiger partial charge on any atom is -0.480 e. The highest BCUT2D eigenvalue weighted by Gasteiger charge is 2.29. The maximum absolute atomic E-state index is 12.9. The SMILES string of the molecule is C[C@@H](c1ccccc1)[C@H](CS)C(=O)N[C@@H](Cc1c[nH]c2ccccc12)C(=O)O. The number of hydrogen-bond acceptors (Lipinski definition) is 3. The maximum Gasteiger partial charge on any atom is 0.326 e. The van der Waals surface area contributed by atoms with E-state index in [2.05, 4.69) is 22.9 Å². The van der Waals surface area contributed by atoms with E-state index in [9.17, 15) is 14.7 Å². The van der Waals surface area contributed by atoms with Gasteiger partial charge in [-0.3, -0.25) is 4.79 Å².